The maximum atomic E-state index is 15.4. The molecular weight excluding hydrogens is 705 g/mol. The lowest BCUT2D eigenvalue weighted by Crippen LogP contribution is -2.52. The Bertz CT molecular complexity index is 1550. The van der Waals surface area contributed by atoms with Crippen LogP contribution in [-0.2, 0) is 19.0 Å². The Morgan fingerprint density at radius 2 is 1.62 bits per heavy atom. The van der Waals surface area contributed by atoms with Crippen molar-refractivity contribution < 1.29 is 50.5 Å². The normalized spacial score (nSPS) is 22.5. The van der Waals surface area contributed by atoms with Crippen LogP contribution in [0.4, 0.5) is 31.5 Å². The SMILES string of the molecule is CC(F)(F)CNC(=O)OC[C@@H]1CO[C@H](CCC2C(NC(=O)[C@@H](NC(=O)OC3CCCC3)C(c3ccc(F)cc3)c3ccc(F)cc3)=CN=CC2F)CN1. The predicted molar refractivity (Wildman–Crippen MR) is 184 cm³/mol. The van der Waals surface area contributed by atoms with E-state index in [1.54, 1.807) is 0 Å². The van der Waals surface area contributed by atoms with E-state index in [1.165, 1.54) is 54.7 Å². The van der Waals surface area contributed by atoms with E-state index in [2.05, 4.69) is 20.9 Å². The van der Waals surface area contributed by atoms with Gasteiger partial charge >= 0.3 is 12.2 Å². The topological polar surface area (TPSA) is 139 Å². The number of nitrogens with zero attached hydrogens (tertiary/aromatic N) is 1. The van der Waals surface area contributed by atoms with Crippen LogP contribution in [0.3, 0.4) is 0 Å². The van der Waals surface area contributed by atoms with Crippen molar-refractivity contribution in [2.75, 3.05) is 26.3 Å². The summed E-state index contributed by atoms with van der Waals surface area (Å²) >= 11 is 0. The number of alkyl halides is 3. The maximum absolute atomic E-state index is 15.4. The van der Waals surface area contributed by atoms with Gasteiger partial charge in [0.15, 0.2) is 0 Å². The molecule has 1 saturated carbocycles. The van der Waals surface area contributed by atoms with Gasteiger partial charge in [-0.1, -0.05) is 24.3 Å². The zero-order valence-electron chi connectivity index (χ0n) is 29.2. The van der Waals surface area contributed by atoms with Crippen LogP contribution in [0.5, 0.6) is 0 Å². The van der Waals surface area contributed by atoms with Crippen LogP contribution in [0.1, 0.15) is 62.5 Å². The average molecular weight is 750 g/mol. The lowest BCUT2D eigenvalue weighted by Gasteiger charge is -2.33. The first-order valence-electron chi connectivity index (χ1n) is 17.6. The molecule has 0 radical (unpaired) electrons. The summed E-state index contributed by atoms with van der Waals surface area (Å²) < 4.78 is 85.9. The van der Waals surface area contributed by atoms with E-state index >= 15 is 4.39 Å². The second kappa shape index (κ2) is 18.5. The van der Waals surface area contributed by atoms with Gasteiger partial charge < -0.3 is 35.5 Å². The van der Waals surface area contributed by atoms with Crippen LogP contribution < -0.4 is 21.3 Å². The molecule has 288 valence electrons. The van der Waals surface area contributed by atoms with Crippen molar-refractivity contribution in [1.29, 1.82) is 0 Å². The van der Waals surface area contributed by atoms with Crippen molar-refractivity contribution >= 4 is 24.3 Å². The van der Waals surface area contributed by atoms with Crippen molar-refractivity contribution in [3.05, 3.63) is 83.2 Å². The molecule has 5 atom stereocenters. The zero-order chi connectivity index (χ0) is 38.0. The number of ether oxygens (including phenoxy) is 3. The molecule has 1 saturated heterocycles. The standard InChI is InChI=1S/C37H44F5N5O6/c1-37(41,42)21-45-35(49)52-20-26-19-51-28(16-44-26)14-15-29-30(40)17-43-18-31(29)46-34(48)33(47-36(50)53-27-4-2-3-5-27)32(22-6-10-24(38)11-7-22)23-8-12-25(39)13-9-23/h6-13,17-18,26-30,32-33,44H,2-5,14-16,19-21H2,1H3,(H,45,49)(H,46,48)(H,47,50)/t26-,28+,29?,30?,33-/m0/s1. The summed E-state index contributed by atoms with van der Waals surface area (Å²) in [5.74, 6) is -6.61. The first-order valence-corrected chi connectivity index (χ1v) is 17.6. The quantitative estimate of drug-likeness (QED) is 0.183. The van der Waals surface area contributed by atoms with Gasteiger partial charge in [0.2, 0.25) is 5.91 Å². The van der Waals surface area contributed by atoms with Crippen molar-refractivity contribution in [2.24, 2.45) is 10.9 Å². The van der Waals surface area contributed by atoms with Crippen LogP contribution in [0, 0.1) is 17.6 Å². The van der Waals surface area contributed by atoms with Crippen molar-refractivity contribution in [1.82, 2.24) is 21.3 Å². The largest absolute Gasteiger partial charge is 0.448 e. The Kier molecular flexibility index (Phi) is 13.8. The number of hydrogen-bond donors (Lipinski definition) is 4. The van der Waals surface area contributed by atoms with Crippen molar-refractivity contribution in [3.63, 3.8) is 0 Å². The molecule has 1 aliphatic carbocycles. The van der Waals surface area contributed by atoms with Crippen molar-refractivity contribution in [2.45, 2.75) is 87.8 Å². The molecule has 2 fully saturated rings. The van der Waals surface area contributed by atoms with Gasteiger partial charge in [0.1, 0.15) is 36.6 Å². The van der Waals surface area contributed by atoms with E-state index in [0.29, 0.717) is 43.9 Å². The molecule has 0 spiro atoms. The Balaban J connectivity index is 1.25. The highest BCUT2D eigenvalue weighted by molar-refractivity contribution is 5.89. The molecule has 5 rings (SSSR count). The third-order valence-corrected chi connectivity index (χ3v) is 9.34. The molecule has 4 N–H and O–H groups in total. The summed E-state index contributed by atoms with van der Waals surface area (Å²) in [4.78, 5) is 43.2. The summed E-state index contributed by atoms with van der Waals surface area (Å²) in [6.07, 6.45) is 2.16. The summed E-state index contributed by atoms with van der Waals surface area (Å²) in [6, 6.07) is 8.98. The first kappa shape index (κ1) is 39.6. The number of carbonyl (C=O) groups is 3. The fraction of sp³-hybridized carbons (Fsp3) is 0.514. The molecular formula is C37H44F5N5O6. The van der Waals surface area contributed by atoms with E-state index in [9.17, 15) is 31.9 Å². The molecule has 0 bridgehead atoms. The molecule has 2 aliphatic heterocycles. The molecule has 3 amide bonds. The highest BCUT2D eigenvalue weighted by atomic mass is 19.3. The van der Waals surface area contributed by atoms with Crippen LogP contribution in [0.2, 0.25) is 0 Å². The summed E-state index contributed by atoms with van der Waals surface area (Å²) in [5, 5.41) is 10.6. The number of hydrogen-bond acceptors (Lipinski definition) is 8. The second-order valence-corrected chi connectivity index (χ2v) is 13.6. The number of benzene rings is 2. The Hall–Kier alpha value is -4.57. The molecule has 2 aromatic carbocycles. The number of aliphatic imine (C=N–C) groups is 1. The number of amides is 3. The Morgan fingerprint density at radius 1 is 0.981 bits per heavy atom. The van der Waals surface area contributed by atoms with Gasteiger partial charge in [0.05, 0.1) is 25.3 Å². The Morgan fingerprint density at radius 3 is 2.21 bits per heavy atom. The monoisotopic (exact) mass is 749 g/mol. The lowest BCUT2D eigenvalue weighted by atomic mass is 9.84. The van der Waals surface area contributed by atoms with Gasteiger partial charge in [-0.3, -0.25) is 9.79 Å². The minimum absolute atomic E-state index is 0.112. The minimum Gasteiger partial charge on any atom is -0.448 e. The highest BCUT2D eigenvalue weighted by Crippen LogP contribution is 2.32. The van der Waals surface area contributed by atoms with Crippen LogP contribution in [0.25, 0.3) is 0 Å². The molecule has 11 nitrogen and oxygen atoms in total. The molecule has 3 aliphatic rings. The number of rotatable bonds is 14. The smallest absolute Gasteiger partial charge is 0.408 e. The fourth-order valence-corrected chi connectivity index (χ4v) is 6.55. The lowest BCUT2D eigenvalue weighted by molar-refractivity contribution is -0.123. The molecule has 53 heavy (non-hydrogen) atoms. The van der Waals surface area contributed by atoms with Gasteiger partial charge in [-0.2, -0.15) is 0 Å². The summed E-state index contributed by atoms with van der Waals surface area (Å²) in [7, 11) is 0. The van der Waals surface area contributed by atoms with Crippen LogP contribution >= 0.6 is 0 Å². The van der Waals surface area contributed by atoms with E-state index in [1.807, 2.05) is 5.32 Å². The molecule has 2 heterocycles. The molecule has 2 unspecified atom stereocenters. The molecule has 2 aromatic rings. The summed E-state index contributed by atoms with van der Waals surface area (Å²) in [6.45, 7) is 0.184. The molecule has 0 aromatic heterocycles. The van der Waals surface area contributed by atoms with Crippen LogP contribution in [0.15, 0.2) is 65.4 Å². The van der Waals surface area contributed by atoms with E-state index in [-0.39, 0.29) is 43.6 Å². The highest BCUT2D eigenvalue weighted by Gasteiger charge is 2.37. The third kappa shape index (κ3) is 12.0. The maximum Gasteiger partial charge on any atom is 0.408 e. The van der Waals surface area contributed by atoms with Crippen molar-refractivity contribution in [3.8, 4) is 0 Å². The van der Waals surface area contributed by atoms with Gasteiger partial charge in [-0.15, -0.1) is 0 Å². The first-order chi connectivity index (χ1) is 25.3. The fourth-order valence-electron chi connectivity index (χ4n) is 6.55. The minimum atomic E-state index is -3.07. The van der Waals surface area contributed by atoms with Gasteiger partial charge in [-0.25, -0.2) is 31.5 Å². The predicted octanol–water partition coefficient (Wildman–Crippen LogP) is 5.65. The van der Waals surface area contributed by atoms with Gasteiger partial charge in [-0.05, 0) is 73.9 Å². The third-order valence-electron chi connectivity index (χ3n) is 9.34. The van der Waals surface area contributed by atoms with Gasteiger partial charge in [0.25, 0.3) is 5.92 Å². The number of allylic oxidation sites excluding steroid dienone is 1. The Labute approximate surface area is 304 Å². The second-order valence-electron chi connectivity index (χ2n) is 13.6. The molecule has 16 heteroatoms. The van der Waals surface area contributed by atoms with E-state index < -0.39 is 66.2 Å². The van der Waals surface area contributed by atoms with E-state index in [0.717, 1.165) is 19.1 Å². The number of carbonyl (C=O) groups excluding carboxylic acids is 3. The number of halogens is 5. The average Bonchev–Trinajstić information content (AvgIpc) is 3.64. The van der Waals surface area contributed by atoms with Gasteiger partial charge in [0, 0.05) is 43.4 Å². The summed E-state index contributed by atoms with van der Waals surface area (Å²) in [5.41, 5.74) is 1.06. The zero-order valence-corrected chi connectivity index (χ0v) is 29.2. The van der Waals surface area contributed by atoms with E-state index in [4.69, 9.17) is 14.2 Å². The number of alkyl carbamates (subject to hydrolysis) is 2. The number of morpholine rings is 1. The van der Waals surface area contributed by atoms with Crippen LogP contribution in [-0.4, -0.2) is 87.0 Å². The number of nitrogens with one attached hydrogen (secondary N) is 4.